The van der Waals surface area contributed by atoms with Crippen molar-refractivity contribution in [1.29, 1.82) is 5.26 Å². The first-order valence-corrected chi connectivity index (χ1v) is 8.09. The number of hydrogen-bond donors (Lipinski definition) is 0. The van der Waals surface area contributed by atoms with Crippen LogP contribution in [0.5, 0.6) is 0 Å². The van der Waals surface area contributed by atoms with Crippen LogP contribution in [-0.4, -0.2) is 19.5 Å². The molecule has 1 aromatic carbocycles. The first-order chi connectivity index (χ1) is 11.9. The molecule has 1 aliphatic rings. The zero-order chi connectivity index (χ0) is 17.8. The van der Waals surface area contributed by atoms with Gasteiger partial charge in [0, 0.05) is 19.2 Å². The molecule has 0 unspecified atom stereocenters. The lowest BCUT2D eigenvalue weighted by atomic mass is 10.1. The van der Waals surface area contributed by atoms with Crippen LogP contribution in [0, 0.1) is 11.3 Å². The Bertz CT molecular complexity index is 1030. The number of nitriles is 1. The van der Waals surface area contributed by atoms with Crippen LogP contribution < -0.4 is 0 Å². The van der Waals surface area contributed by atoms with Crippen LogP contribution in [0.15, 0.2) is 24.4 Å². The molecular formula is C17H12ClF2N5. The van der Waals surface area contributed by atoms with Crippen molar-refractivity contribution < 1.29 is 8.78 Å². The molecule has 2 heterocycles. The smallest absolute Gasteiger partial charge is 0.287 e. The third-order valence-corrected chi connectivity index (χ3v) is 4.33. The van der Waals surface area contributed by atoms with E-state index in [0.29, 0.717) is 16.9 Å². The second kappa shape index (κ2) is 5.46. The Morgan fingerprint density at radius 3 is 2.72 bits per heavy atom. The molecule has 5 nitrogen and oxygen atoms in total. The van der Waals surface area contributed by atoms with Crippen molar-refractivity contribution in [3.8, 4) is 17.5 Å². The summed E-state index contributed by atoms with van der Waals surface area (Å²) in [5.41, 5.74) is 1.58. The Balaban J connectivity index is 2.03. The number of alkyl halides is 2. The number of aromatic nitrogens is 4. The number of benzene rings is 1. The van der Waals surface area contributed by atoms with Crippen molar-refractivity contribution in [2.75, 3.05) is 0 Å². The van der Waals surface area contributed by atoms with Crippen LogP contribution in [0.2, 0.25) is 5.28 Å². The van der Waals surface area contributed by atoms with Gasteiger partial charge in [0.05, 0.1) is 28.2 Å². The minimum absolute atomic E-state index is 0.151. The highest BCUT2D eigenvalue weighted by atomic mass is 35.5. The summed E-state index contributed by atoms with van der Waals surface area (Å²) in [7, 11) is 0. The van der Waals surface area contributed by atoms with Crippen LogP contribution >= 0.6 is 11.6 Å². The Hall–Kier alpha value is -2.59. The van der Waals surface area contributed by atoms with Gasteiger partial charge in [-0.1, -0.05) is 0 Å². The zero-order valence-electron chi connectivity index (χ0n) is 13.2. The number of hydrogen-bond acceptors (Lipinski definition) is 4. The molecular weight excluding hydrogens is 348 g/mol. The van der Waals surface area contributed by atoms with Gasteiger partial charge < -0.3 is 4.57 Å². The van der Waals surface area contributed by atoms with Crippen LogP contribution in [0.1, 0.15) is 37.1 Å². The van der Waals surface area contributed by atoms with E-state index in [1.807, 2.05) is 4.57 Å². The van der Waals surface area contributed by atoms with Gasteiger partial charge >= 0.3 is 0 Å². The van der Waals surface area contributed by atoms with Crippen molar-refractivity contribution in [2.45, 2.75) is 31.7 Å². The first kappa shape index (κ1) is 15.9. The minimum Gasteiger partial charge on any atom is -0.321 e. The van der Waals surface area contributed by atoms with E-state index in [9.17, 15) is 8.78 Å². The number of rotatable bonds is 3. The maximum atomic E-state index is 14.1. The van der Waals surface area contributed by atoms with Gasteiger partial charge in [-0.05, 0) is 42.6 Å². The van der Waals surface area contributed by atoms with Gasteiger partial charge in [0.2, 0.25) is 5.28 Å². The fraction of sp³-hybridized carbons (Fsp3) is 0.294. The lowest BCUT2D eigenvalue weighted by Gasteiger charge is -2.15. The summed E-state index contributed by atoms with van der Waals surface area (Å²) >= 11 is 5.72. The maximum absolute atomic E-state index is 14.1. The largest absolute Gasteiger partial charge is 0.321 e. The Labute approximate surface area is 146 Å². The van der Waals surface area contributed by atoms with Gasteiger partial charge in [0.15, 0.2) is 0 Å². The van der Waals surface area contributed by atoms with Crippen molar-refractivity contribution in [3.63, 3.8) is 0 Å². The molecule has 25 heavy (non-hydrogen) atoms. The average molecular weight is 360 g/mol. The molecule has 0 amide bonds. The summed E-state index contributed by atoms with van der Waals surface area (Å²) in [4.78, 5) is 12.1. The number of fused-ring (bicyclic) bond motifs is 1. The Morgan fingerprint density at radius 1 is 1.32 bits per heavy atom. The molecule has 0 aliphatic heterocycles. The van der Waals surface area contributed by atoms with Crippen LogP contribution in [0.4, 0.5) is 8.78 Å². The van der Waals surface area contributed by atoms with Crippen LogP contribution in [0.3, 0.4) is 0 Å². The molecule has 0 N–H and O–H groups in total. The van der Waals surface area contributed by atoms with E-state index < -0.39 is 11.6 Å². The second-order valence-corrected chi connectivity index (χ2v) is 6.48. The molecule has 1 saturated carbocycles. The summed E-state index contributed by atoms with van der Waals surface area (Å²) in [5, 5.41) is 8.90. The van der Waals surface area contributed by atoms with E-state index in [-0.39, 0.29) is 16.9 Å². The summed E-state index contributed by atoms with van der Waals surface area (Å²) in [6.07, 6.45) is 3.15. The minimum atomic E-state index is -3.19. The highest BCUT2D eigenvalue weighted by Gasteiger charge is 2.35. The molecule has 0 spiro atoms. The zero-order valence-corrected chi connectivity index (χ0v) is 13.9. The van der Waals surface area contributed by atoms with Crippen molar-refractivity contribution in [1.82, 2.24) is 19.5 Å². The molecule has 1 aliphatic carbocycles. The van der Waals surface area contributed by atoms with E-state index in [2.05, 4.69) is 21.0 Å². The molecule has 0 atom stereocenters. The molecule has 3 aromatic rings. The predicted molar refractivity (Wildman–Crippen MR) is 88.3 cm³/mol. The van der Waals surface area contributed by atoms with Gasteiger partial charge in [0.1, 0.15) is 11.5 Å². The van der Waals surface area contributed by atoms with Crippen molar-refractivity contribution in [3.05, 3.63) is 40.9 Å². The van der Waals surface area contributed by atoms with Crippen molar-refractivity contribution in [2.24, 2.45) is 0 Å². The molecule has 8 heteroatoms. The maximum Gasteiger partial charge on any atom is 0.287 e. The van der Waals surface area contributed by atoms with Gasteiger partial charge in [-0.2, -0.15) is 14.0 Å². The predicted octanol–water partition coefficient (Wildman–Crippen LogP) is 4.46. The van der Waals surface area contributed by atoms with E-state index in [1.165, 1.54) is 6.20 Å². The molecule has 0 radical (unpaired) electrons. The molecule has 0 saturated heterocycles. The van der Waals surface area contributed by atoms with E-state index in [0.717, 1.165) is 25.3 Å². The average Bonchev–Trinajstić information content (AvgIpc) is 3.33. The van der Waals surface area contributed by atoms with E-state index >= 15 is 0 Å². The third-order valence-electron chi connectivity index (χ3n) is 4.15. The highest BCUT2D eigenvalue weighted by molar-refractivity contribution is 6.28. The number of halogens is 3. The fourth-order valence-corrected chi connectivity index (χ4v) is 3.05. The van der Waals surface area contributed by atoms with Gasteiger partial charge in [-0.25, -0.2) is 15.0 Å². The molecule has 126 valence electrons. The second-order valence-electron chi connectivity index (χ2n) is 6.14. The van der Waals surface area contributed by atoms with Crippen LogP contribution in [0.25, 0.3) is 22.4 Å². The standard InChI is InChI=1S/C17H12ClF2N5/c1-17(19,20)14-11(8-22-16(18)24-14)15-23-12-5-2-9(7-21)6-13(12)25(15)10-3-4-10/h2,5-6,8,10H,3-4H2,1H3. The summed E-state index contributed by atoms with van der Waals surface area (Å²) in [5.74, 6) is -2.81. The fourth-order valence-electron chi connectivity index (χ4n) is 2.91. The first-order valence-electron chi connectivity index (χ1n) is 7.72. The molecule has 0 bridgehead atoms. The molecule has 1 fully saturated rings. The SMILES string of the molecule is CC(F)(F)c1nc(Cl)ncc1-c1nc2ccc(C#N)cc2n1C1CC1. The van der Waals surface area contributed by atoms with E-state index in [4.69, 9.17) is 16.9 Å². The topological polar surface area (TPSA) is 67.4 Å². The lowest BCUT2D eigenvalue weighted by molar-refractivity contribution is 0.0132. The lowest BCUT2D eigenvalue weighted by Crippen LogP contribution is -2.14. The third kappa shape index (κ3) is 2.72. The van der Waals surface area contributed by atoms with Gasteiger partial charge in [0.25, 0.3) is 5.92 Å². The van der Waals surface area contributed by atoms with E-state index in [1.54, 1.807) is 18.2 Å². The van der Waals surface area contributed by atoms with Crippen molar-refractivity contribution >= 4 is 22.6 Å². The van der Waals surface area contributed by atoms with Gasteiger partial charge in [-0.3, -0.25) is 0 Å². The molecule has 2 aromatic heterocycles. The molecule has 4 rings (SSSR count). The quantitative estimate of drug-likeness (QED) is 0.647. The Kier molecular flexibility index (Phi) is 3.48. The number of nitrogens with zero attached hydrogens (tertiary/aromatic N) is 5. The summed E-state index contributed by atoms with van der Waals surface area (Å²) in [6.45, 7) is 0.771. The highest BCUT2D eigenvalue weighted by Crippen LogP contribution is 2.43. The number of imidazole rings is 1. The Morgan fingerprint density at radius 2 is 2.08 bits per heavy atom. The van der Waals surface area contributed by atoms with Crippen LogP contribution in [-0.2, 0) is 5.92 Å². The van der Waals surface area contributed by atoms with Gasteiger partial charge in [-0.15, -0.1) is 0 Å². The monoisotopic (exact) mass is 359 g/mol. The normalized spacial score (nSPS) is 14.7. The summed E-state index contributed by atoms with van der Waals surface area (Å²) < 4.78 is 30.0. The summed E-state index contributed by atoms with van der Waals surface area (Å²) in [6, 6.07) is 7.37.